The van der Waals surface area contributed by atoms with E-state index in [0.717, 1.165) is 17.1 Å². The second-order valence-corrected chi connectivity index (χ2v) is 4.74. The molecule has 0 amide bonds. The Morgan fingerprint density at radius 2 is 1.56 bits per heavy atom. The van der Waals surface area contributed by atoms with Crippen molar-refractivity contribution in [3.05, 3.63) is 36.5 Å². The van der Waals surface area contributed by atoms with Gasteiger partial charge < -0.3 is 0 Å². The van der Waals surface area contributed by atoms with Gasteiger partial charge in [-0.3, -0.25) is 4.99 Å². The van der Waals surface area contributed by atoms with Crippen molar-refractivity contribution >= 4 is 6.21 Å². The second kappa shape index (κ2) is 10.4. The first-order valence-corrected chi connectivity index (χ1v) is 5.83. The molecule has 0 aromatic carbocycles. The molecule has 0 atom stereocenters. The first kappa shape index (κ1) is 17.3. The standard InChI is InChI=1S/C11H17N.C4H10/c1-6-7-11(9(2)3)8-12-10(4)5;1-4(2)3/h6-8,10H,1-2H2,3-5H3;4H,1-3H3/b11-7-,12-8?;. The van der Waals surface area contributed by atoms with E-state index in [-0.39, 0.29) is 0 Å². The van der Waals surface area contributed by atoms with Crippen LogP contribution in [0.1, 0.15) is 41.5 Å². The lowest BCUT2D eigenvalue weighted by Gasteiger charge is -1.99. The predicted octanol–water partition coefficient (Wildman–Crippen LogP) is 4.82. The summed E-state index contributed by atoms with van der Waals surface area (Å²) in [6.45, 7) is 20.0. The third-order valence-corrected chi connectivity index (χ3v) is 1.30. The minimum atomic E-state index is 0.331. The van der Waals surface area contributed by atoms with E-state index >= 15 is 0 Å². The second-order valence-electron chi connectivity index (χ2n) is 4.74. The Kier molecular flexibility index (Phi) is 11.2. The van der Waals surface area contributed by atoms with E-state index in [1.54, 1.807) is 6.08 Å². The highest BCUT2D eigenvalue weighted by Crippen LogP contribution is 2.04. The number of allylic oxidation sites excluding steroid dienone is 4. The summed E-state index contributed by atoms with van der Waals surface area (Å²) in [5.74, 6) is 0.833. The zero-order valence-electron chi connectivity index (χ0n) is 11.7. The molecule has 1 nitrogen and oxygen atoms in total. The summed E-state index contributed by atoms with van der Waals surface area (Å²) in [4.78, 5) is 4.26. The van der Waals surface area contributed by atoms with Crippen molar-refractivity contribution in [1.82, 2.24) is 0 Å². The maximum atomic E-state index is 4.26. The Balaban J connectivity index is 0. The van der Waals surface area contributed by atoms with Crippen LogP contribution in [0.3, 0.4) is 0 Å². The van der Waals surface area contributed by atoms with Crippen LogP contribution in [0, 0.1) is 5.92 Å². The van der Waals surface area contributed by atoms with Gasteiger partial charge in [0.2, 0.25) is 0 Å². The molecule has 0 heterocycles. The molecule has 92 valence electrons. The van der Waals surface area contributed by atoms with E-state index in [1.807, 2.05) is 33.1 Å². The number of nitrogens with zero attached hydrogens (tertiary/aromatic N) is 1. The van der Waals surface area contributed by atoms with Gasteiger partial charge in [-0.05, 0) is 37.8 Å². The highest BCUT2D eigenvalue weighted by molar-refractivity contribution is 5.84. The van der Waals surface area contributed by atoms with Crippen molar-refractivity contribution in [3.63, 3.8) is 0 Å². The van der Waals surface area contributed by atoms with E-state index in [1.165, 1.54) is 0 Å². The lowest BCUT2D eigenvalue weighted by Crippen LogP contribution is -1.92. The van der Waals surface area contributed by atoms with Crippen molar-refractivity contribution < 1.29 is 0 Å². The summed E-state index contributed by atoms with van der Waals surface area (Å²) < 4.78 is 0. The molecule has 16 heavy (non-hydrogen) atoms. The smallest absolute Gasteiger partial charge is 0.0443 e. The molecule has 0 rings (SSSR count). The summed E-state index contributed by atoms with van der Waals surface area (Å²) in [6.07, 6.45) is 5.50. The molecule has 0 radical (unpaired) electrons. The SMILES string of the molecule is C=C/C=C(/C=NC(C)C)C(=C)C.CC(C)C. The van der Waals surface area contributed by atoms with Gasteiger partial charge in [-0.25, -0.2) is 0 Å². The Morgan fingerprint density at radius 3 is 1.81 bits per heavy atom. The van der Waals surface area contributed by atoms with Crippen molar-refractivity contribution in [1.29, 1.82) is 0 Å². The van der Waals surface area contributed by atoms with Gasteiger partial charge in [0.15, 0.2) is 0 Å². The Hall–Kier alpha value is -1.11. The van der Waals surface area contributed by atoms with Gasteiger partial charge in [0.1, 0.15) is 0 Å². The largest absolute Gasteiger partial charge is 0.290 e. The van der Waals surface area contributed by atoms with E-state index in [9.17, 15) is 0 Å². The van der Waals surface area contributed by atoms with Gasteiger partial charge in [0.05, 0.1) is 0 Å². The Labute approximate surface area is 102 Å². The molecule has 1 heteroatoms. The molecule has 0 aliphatic rings. The van der Waals surface area contributed by atoms with Crippen LogP contribution in [0.4, 0.5) is 0 Å². The van der Waals surface area contributed by atoms with Crippen molar-refractivity contribution in [2.75, 3.05) is 0 Å². The summed E-state index contributed by atoms with van der Waals surface area (Å²) in [7, 11) is 0. The molecule has 0 aromatic rings. The van der Waals surface area contributed by atoms with E-state index in [4.69, 9.17) is 0 Å². The molecule has 0 saturated carbocycles. The molecule has 0 aromatic heterocycles. The van der Waals surface area contributed by atoms with Crippen LogP contribution < -0.4 is 0 Å². The predicted molar refractivity (Wildman–Crippen MR) is 77.2 cm³/mol. The minimum absolute atomic E-state index is 0.331. The molecule has 0 saturated heterocycles. The number of rotatable bonds is 4. The number of hydrogen-bond donors (Lipinski definition) is 0. The lowest BCUT2D eigenvalue weighted by atomic mass is 10.1. The maximum absolute atomic E-state index is 4.26. The molecule has 0 fully saturated rings. The molecule has 0 aliphatic heterocycles. The van der Waals surface area contributed by atoms with E-state index in [2.05, 4.69) is 38.9 Å². The molecular weight excluding hydrogens is 194 g/mol. The topological polar surface area (TPSA) is 12.4 Å². The van der Waals surface area contributed by atoms with Crippen LogP contribution in [-0.2, 0) is 0 Å². The van der Waals surface area contributed by atoms with Gasteiger partial charge >= 0.3 is 0 Å². The zero-order chi connectivity index (χ0) is 13.1. The lowest BCUT2D eigenvalue weighted by molar-refractivity contribution is 0.737. The van der Waals surface area contributed by atoms with Crippen LogP contribution in [0.2, 0.25) is 0 Å². The van der Waals surface area contributed by atoms with Crippen molar-refractivity contribution in [2.24, 2.45) is 10.9 Å². The zero-order valence-corrected chi connectivity index (χ0v) is 11.7. The highest BCUT2D eigenvalue weighted by Gasteiger charge is 1.92. The van der Waals surface area contributed by atoms with Gasteiger partial charge in [-0.2, -0.15) is 0 Å². The molecule has 0 bridgehead atoms. The van der Waals surface area contributed by atoms with Gasteiger partial charge in [-0.15, -0.1) is 0 Å². The first-order chi connectivity index (χ1) is 7.31. The highest BCUT2D eigenvalue weighted by atomic mass is 14.7. The Bertz CT molecular complexity index is 252. The monoisotopic (exact) mass is 221 g/mol. The average Bonchev–Trinajstić information content (AvgIpc) is 2.10. The van der Waals surface area contributed by atoms with E-state index < -0.39 is 0 Å². The fourth-order valence-electron chi connectivity index (χ4n) is 0.652. The van der Waals surface area contributed by atoms with Crippen molar-refractivity contribution in [3.8, 4) is 0 Å². The summed E-state index contributed by atoms with van der Waals surface area (Å²) in [5.41, 5.74) is 2.05. The average molecular weight is 221 g/mol. The van der Waals surface area contributed by atoms with Gasteiger partial charge in [0, 0.05) is 12.3 Å². The van der Waals surface area contributed by atoms with Gasteiger partial charge in [-0.1, -0.05) is 46.1 Å². The molecular formula is C15H27N. The minimum Gasteiger partial charge on any atom is -0.290 e. The third kappa shape index (κ3) is 15.4. The Morgan fingerprint density at radius 1 is 1.12 bits per heavy atom. The van der Waals surface area contributed by atoms with Crippen LogP contribution in [0.5, 0.6) is 0 Å². The van der Waals surface area contributed by atoms with Crippen LogP contribution in [0.15, 0.2) is 41.4 Å². The van der Waals surface area contributed by atoms with Crippen LogP contribution in [-0.4, -0.2) is 12.3 Å². The van der Waals surface area contributed by atoms with E-state index in [0.29, 0.717) is 6.04 Å². The first-order valence-electron chi connectivity index (χ1n) is 5.83. The molecule has 0 N–H and O–H groups in total. The number of hydrogen-bond acceptors (Lipinski definition) is 1. The quantitative estimate of drug-likeness (QED) is 0.477. The fourth-order valence-corrected chi connectivity index (χ4v) is 0.652. The van der Waals surface area contributed by atoms with Gasteiger partial charge in [0.25, 0.3) is 0 Å². The van der Waals surface area contributed by atoms with Crippen LogP contribution in [0.25, 0.3) is 0 Å². The summed E-state index contributed by atoms with van der Waals surface area (Å²) in [5, 5.41) is 0. The summed E-state index contributed by atoms with van der Waals surface area (Å²) >= 11 is 0. The molecule has 0 unspecified atom stereocenters. The maximum Gasteiger partial charge on any atom is 0.0443 e. The number of aliphatic imine (C=N–C) groups is 1. The molecule has 0 aliphatic carbocycles. The summed E-state index contributed by atoms with van der Waals surface area (Å²) in [6, 6.07) is 0.331. The van der Waals surface area contributed by atoms with Crippen molar-refractivity contribution in [2.45, 2.75) is 47.6 Å². The molecule has 0 spiro atoms. The van der Waals surface area contributed by atoms with Crippen LogP contribution >= 0.6 is 0 Å². The fraction of sp³-hybridized carbons (Fsp3) is 0.533. The normalized spacial score (nSPS) is 11.6. The third-order valence-electron chi connectivity index (χ3n) is 1.30.